The number of carbonyl (C=O) groups excluding carboxylic acids is 1. The summed E-state index contributed by atoms with van der Waals surface area (Å²) < 4.78 is 11.8. The van der Waals surface area contributed by atoms with Gasteiger partial charge in [-0.25, -0.2) is 5.84 Å². The molecule has 3 unspecified atom stereocenters. The summed E-state index contributed by atoms with van der Waals surface area (Å²) in [5.41, 5.74) is 1.20. The van der Waals surface area contributed by atoms with Gasteiger partial charge < -0.3 is 19.5 Å². The van der Waals surface area contributed by atoms with Gasteiger partial charge in [-0.15, -0.1) is 0 Å². The largest absolute Gasteiger partial charge is 0.490 e. The summed E-state index contributed by atoms with van der Waals surface area (Å²) in [6, 6.07) is 16.2. The second-order valence-corrected chi connectivity index (χ2v) is 11.1. The van der Waals surface area contributed by atoms with Crippen molar-refractivity contribution in [1.82, 2.24) is 9.88 Å². The number of hydrogen-bond donors (Lipinski definition) is 2. The van der Waals surface area contributed by atoms with Crippen LogP contribution in [0.3, 0.4) is 0 Å². The number of benzene rings is 3. The van der Waals surface area contributed by atoms with Crippen LogP contribution in [-0.2, 0) is 9.59 Å². The van der Waals surface area contributed by atoms with Gasteiger partial charge in [0.15, 0.2) is 11.5 Å². The molecule has 1 aliphatic rings. The first-order valence-electron chi connectivity index (χ1n) is 14.7. The maximum Gasteiger partial charge on any atom is 0.309 e. The number of carboxylic acid groups (broad SMARTS) is 1. The zero-order chi connectivity index (χ0) is 32.2. The Morgan fingerprint density at radius 3 is 2.62 bits per heavy atom. The van der Waals surface area contributed by atoms with Crippen molar-refractivity contribution in [1.29, 1.82) is 0 Å². The Bertz CT molecular complexity index is 1730. The predicted molar refractivity (Wildman–Crippen MR) is 168 cm³/mol. The van der Waals surface area contributed by atoms with Crippen LogP contribution in [0.4, 0.5) is 11.4 Å². The van der Waals surface area contributed by atoms with E-state index in [9.17, 15) is 24.8 Å². The number of ether oxygens (including phenoxy) is 2. The van der Waals surface area contributed by atoms with Crippen molar-refractivity contribution in [2.75, 3.05) is 18.2 Å². The predicted octanol–water partition coefficient (Wildman–Crippen LogP) is 5.42. The molecule has 12 nitrogen and oxygen atoms in total. The van der Waals surface area contributed by atoms with Gasteiger partial charge in [0.25, 0.3) is 11.6 Å². The fraction of sp³-hybridized carbons (Fsp3) is 0.303. The molecule has 5 rings (SSSR count). The molecule has 2 heterocycles. The van der Waals surface area contributed by atoms with E-state index in [1.165, 1.54) is 28.1 Å². The van der Waals surface area contributed by atoms with Gasteiger partial charge in [-0.2, -0.15) is 0 Å². The lowest BCUT2D eigenvalue weighted by molar-refractivity contribution is -0.385. The number of carbonyl (C=O) groups is 2. The first kappa shape index (κ1) is 31.2. The Hall–Kier alpha value is -5.23. The molecule has 1 saturated heterocycles. The van der Waals surface area contributed by atoms with Gasteiger partial charge in [-0.05, 0) is 74.0 Å². The summed E-state index contributed by atoms with van der Waals surface area (Å²) in [6.07, 6.45) is 3.43. The summed E-state index contributed by atoms with van der Waals surface area (Å²) in [5, 5.41) is 24.8. The number of pyridine rings is 1. The number of fused-ring (bicyclic) bond motifs is 1. The van der Waals surface area contributed by atoms with E-state index >= 15 is 0 Å². The molecule has 1 amide bonds. The molecular formula is C33H35N5O7. The Morgan fingerprint density at radius 2 is 1.91 bits per heavy atom. The normalized spacial score (nSPS) is 16.9. The van der Waals surface area contributed by atoms with E-state index < -0.39 is 34.8 Å². The highest BCUT2D eigenvalue weighted by atomic mass is 16.6. The molecule has 0 aliphatic carbocycles. The van der Waals surface area contributed by atoms with Crippen LogP contribution < -0.4 is 20.3 Å². The lowest BCUT2D eigenvalue weighted by atomic mass is 9.92. The number of carboxylic acids is 1. The Balaban J connectivity index is 1.63. The van der Waals surface area contributed by atoms with E-state index in [1.54, 1.807) is 42.7 Å². The number of non-ortho nitro benzene ring substituents is 1. The molecular weight excluding hydrogens is 578 g/mol. The van der Waals surface area contributed by atoms with Crippen LogP contribution in [0.5, 0.6) is 11.5 Å². The maximum atomic E-state index is 14.7. The second kappa shape index (κ2) is 13.2. The molecule has 0 saturated carbocycles. The number of aromatic nitrogens is 1. The third-order valence-electron chi connectivity index (χ3n) is 7.80. The Labute approximate surface area is 260 Å². The van der Waals surface area contributed by atoms with Crippen molar-refractivity contribution < 1.29 is 29.1 Å². The molecule has 4 aromatic rings. The summed E-state index contributed by atoms with van der Waals surface area (Å²) in [4.78, 5) is 43.8. The average molecular weight is 614 g/mol. The summed E-state index contributed by atoms with van der Waals surface area (Å²) in [7, 11) is 0. The smallest absolute Gasteiger partial charge is 0.309 e. The van der Waals surface area contributed by atoms with Gasteiger partial charge in [0, 0.05) is 36.5 Å². The third-order valence-corrected chi connectivity index (χ3v) is 7.80. The van der Waals surface area contributed by atoms with E-state index in [2.05, 4.69) is 4.98 Å². The van der Waals surface area contributed by atoms with Crippen LogP contribution in [-0.4, -0.2) is 51.0 Å². The number of nitro groups is 1. The maximum absolute atomic E-state index is 14.7. The highest BCUT2D eigenvalue weighted by Gasteiger charge is 2.45. The fourth-order valence-corrected chi connectivity index (χ4v) is 5.81. The van der Waals surface area contributed by atoms with Crippen LogP contribution >= 0.6 is 0 Å². The molecule has 3 atom stereocenters. The summed E-state index contributed by atoms with van der Waals surface area (Å²) in [5.74, 6) is 5.21. The van der Waals surface area contributed by atoms with Crippen molar-refractivity contribution in [3.05, 3.63) is 100 Å². The first-order valence-corrected chi connectivity index (χ1v) is 14.7. The van der Waals surface area contributed by atoms with Gasteiger partial charge in [-0.3, -0.25) is 29.7 Å². The van der Waals surface area contributed by atoms with Crippen molar-refractivity contribution in [2.24, 2.45) is 11.8 Å². The molecule has 1 aliphatic heterocycles. The molecule has 3 aromatic carbocycles. The Kier molecular flexibility index (Phi) is 9.14. The number of likely N-dealkylation sites (tertiary alicyclic amines) is 1. The van der Waals surface area contributed by atoms with E-state index in [0.717, 1.165) is 10.8 Å². The number of anilines is 1. The monoisotopic (exact) mass is 613 g/mol. The number of rotatable bonds is 11. The lowest BCUT2D eigenvalue weighted by Gasteiger charge is -2.35. The van der Waals surface area contributed by atoms with Crippen LogP contribution in [0, 0.1) is 16.0 Å². The standard InChI is InChI=1S/C33H35N5O7/c1-4-44-29-18-23(9-11-28(29)45-20(2)3)31(37(34)25-10-8-24-19-35-14-12-21(24)16-25)32(39)36-15-13-27(33(40)41)30(36)22-6-5-7-26(17-22)38(42)43/h5-12,14,16-20,27,30-31H,4,13,15,34H2,1-3H3,(H,40,41). The second-order valence-electron chi connectivity index (χ2n) is 11.1. The number of amides is 1. The number of nitrogens with two attached hydrogens (primary N) is 1. The summed E-state index contributed by atoms with van der Waals surface area (Å²) >= 11 is 0. The molecule has 12 heteroatoms. The average Bonchev–Trinajstić information content (AvgIpc) is 3.48. The van der Waals surface area contributed by atoms with Crippen molar-refractivity contribution >= 4 is 34.0 Å². The number of nitrogens with zero attached hydrogens (tertiary/aromatic N) is 4. The third kappa shape index (κ3) is 6.50. The van der Waals surface area contributed by atoms with Gasteiger partial charge in [-0.1, -0.05) is 24.3 Å². The van der Waals surface area contributed by atoms with Crippen LogP contribution in [0.1, 0.15) is 50.4 Å². The first-order chi connectivity index (χ1) is 21.6. The number of aliphatic carboxylic acids is 1. The van der Waals surface area contributed by atoms with E-state index in [1.807, 2.05) is 39.0 Å². The molecule has 1 fully saturated rings. The van der Waals surface area contributed by atoms with Gasteiger partial charge in [0.2, 0.25) is 0 Å². The highest BCUT2D eigenvalue weighted by molar-refractivity contribution is 5.90. The van der Waals surface area contributed by atoms with Gasteiger partial charge in [0.05, 0.1) is 35.3 Å². The highest BCUT2D eigenvalue weighted by Crippen LogP contribution is 2.42. The van der Waals surface area contributed by atoms with E-state index in [0.29, 0.717) is 34.9 Å². The zero-order valence-corrected chi connectivity index (χ0v) is 25.2. The van der Waals surface area contributed by atoms with E-state index in [-0.39, 0.29) is 24.8 Å². The minimum Gasteiger partial charge on any atom is -0.490 e. The van der Waals surface area contributed by atoms with Crippen LogP contribution in [0.15, 0.2) is 79.1 Å². The summed E-state index contributed by atoms with van der Waals surface area (Å²) in [6.45, 7) is 6.10. The number of nitro benzene ring substituents is 1. The SMILES string of the molecule is CCOc1cc(C(C(=O)N2CCC(C(=O)O)C2c2cccc([N+](=O)[O-])c2)N(N)c2ccc3cnccc3c2)ccc1OC(C)C. The molecule has 0 radical (unpaired) electrons. The van der Waals surface area contributed by atoms with Gasteiger partial charge >= 0.3 is 5.97 Å². The molecule has 45 heavy (non-hydrogen) atoms. The van der Waals surface area contributed by atoms with Crippen molar-refractivity contribution in [3.63, 3.8) is 0 Å². The van der Waals surface area contributed by atoms with Crippen LogP contribution in [0.2, 0.25) is 0 Å². The minimum atomic E-state index is -1.12. The molecule has 3 N–H and O–H groups in total. The van der Waals surface area contributed by atoms with Crippen LogP contribution in [0.25, 0.3) is 10.8 Å². The van der Waals surface area contributed by atoms with Crippen molar-refractivity contribution in [2.45, 2.75) is 45.4 Å². The van der Waals surface area contributed by atoms with Gasteiger partial charge in [0.1, 0.15) is 6.04 Å². The lowest BCUT2D eigenvalue weighted by Crippen LogP contribution is -2.46. The molecule has 1 aromatic heterocycles. The quantitative estimate of drug-likeness (QED) is 0.127. The van der Waals surface area contributed by atoms with E-state index in [4.69, 9.17) is 15.3 Å². The topological polar surface area (TPSA) is 161 Å². The molecule has 0 spiro atoms. The Morgan fingerprint density at radius 1 is 1.11 bits per heavy atom. The number of hydrogen-bond acceptors (Lipinski definition) is 9. The fourth-order valence-electron chi connectivity index (χ4n) is 5.81. The van der Waals surface area contributed by atoms with Crippen molar-refractivity contribution in [3.8, 4) is 11.5 Å². The number of hydrazine groups is 1. The molecule has 234 valence electrons. The molecule has 0 bridgehead atoms. The zero-order valence-electron chi connectivity index (χ0n) is 25.2. The minimum absolute atomic E-state index is 0.115.